The molecule has 0 aromatic carbocycles. The van der Waals surface area contributed by atoms with E-state index in [1.807, 2.05) is 0 Å². The normalized spacial score (nSPS) is 13.1. The highest BCUT2D eigenvalue weighted by molar-refractivity contribution is 4.59. The van der Waals surface area contributed by atoms with E-state index in [9.17, 15) is 0 Å². The number of unbranched alkanes of at least 4 members (excludes halogenated alkanes) is 11. The molecule has 0 N–H and O–H groups in total. The molecule has 19 heavy (non-hydrogen) atoms. The van der Waals surface area contributed by atoms with Gasteiger partial charge in [-0.25, -0.2) is 0 Å². The van der Waals surface area contributed by atoms with Crippen LogP contribution in [0.4, 0.5) is 0 Å². The summed E-state index contributed by atoms with van der Waals surface area (Å²) >= 11 is 0. The molecule has 0 aliphatic carbocycles. The third kappa shape index (κ3) is 14.2. The summed E-state index contributed by atoms with van der Waals surface area (Å²) in [4.78, 5) is 2.33. The summed E-state index contributed by atoms with van der Waals surface area (Å²) in [5.41, 5.74) is 0. The van der Waals surface area contributed by atoms with Gasteiger partial charge in [-0.3, -0.25) is 0 Å². The van der Waals surface area contributed by atoms with Crippen molar-refractivity contribution in [2.24, 2.45) is 0 Å². The highest BCUT2D eigenvalue weighted by Gasteiger charge is 2.02. The second kappa shape index (κ2) is 14.4. The lowest BCUT2D eigenvalue weighted by atomic mass is 10.0. The highest BCUT2D eigenvalue weighted by atomic mass is 15.1. The van der Waals surface area contributed by atoms with Gasteiger partial charge in [0.05, 0.1) is 0 Å². The number of rotatable bonds is 14. The molecule has 1 atom stereocenters. The van der Waals surface area contributed by atoms with Gasteiger partial charge in [0, 0.05) is 6.04 Å². The Morgan fingerprint density at radius 1 is 0.632 bits per heavy atom. The van der Waals surface area contributed by atoms with E-state index in [-0.39, 0.29) is 0 Å². The van der Waals surface area contributed by atoms with Crippen molar-refractivity contribution in [3.8, 4) is 0 Å². The molecular weight excluding hydrogens is 230 g/mol. The van der Waals surface area contributed by atoms with Crippen molar-refractivity contribution in [3.63, 3.8) is 0 Å². The van der Waals surface area contributed by atoms with Crippen LogP contribution in [-0.2, 0) is 0 Å². The first-order valence-electron chi connectivity index (χ1n) is 8.85. The zero-order chi connectivity index (χ0) is 14.3. The van der Waals surface area contributed by atoms with Crippen LogP contribution < -0.4 is 0 Å². The molecule has 0 aromatic rings. The van der Waals surface area contributed by atoms with Crippen molar-refractivity contribution >= 4 is 0 Å². The molecule has 0 bridgehead atoms. The monoisotopic (exact) mass is 269 g/mol. The zero-order valence-corrected chi connectivity index (χ0v) is 14.2. The van der Waals surface area contributed by atoms with Crippen molar-refractivity contribution in [2.45, 2.75) is 103 Å². The molecule has 0 aliphatic rings. The predicted molar refractivity (Wildman–Crippen MR) is 88.8 cm³/mol. The van der Waals surface area contributed by atoms with Gasteiger partial charge in [-0.2, -0.15) is 0 Å². The molecule has 116 valence electrons. The Kier molecular flexibility index (Phi) is 14.3. The number of nitrogens with zero attached hydrogens (tertiary/aromatic N) is 1. The molecule has 1 heteroatoms. The van der Waals surface area contributed by atoms with E-state index in [0.29, 0.717) is 0 Å². The maximum Gasteiger partial charge on any atom is 0.00608 e. The summed E-state index contributed by atoms with van der Waals surface area (Å²) in [5.74, 6) is 0. The smallest absolute Gasteiger partial charge is 0.00608 e. The fraction of sp³-hybridized carbons (Fsp3) is 1.00. The van der Waals surface area contributed by atoms with Crippen LogP contribution in [0.3, 0.4) is 0 Å². The summed E-state index contributed by atoms with van der Waals surface area (Å²) in [7, 11) is 4.37. The lowest BCUT2D eigenvalue weighted by Crippen LogP contribution is -2.24. The van der Waals surface area contributed by atoms with Gasteiger partial charge in [0.15, 0.2) is 0 Å². The van der Waals surface area contributed by atoms with E-state index in [0.717, 1.165) is 6.04 Å². The maximum absolute atomic E-state index is 2.33. The Morgan fingerprint density at radius 3 is 1.37 bits per heavy atom. The number of hydrogen-bond donors (Lipinski definition) is 0. The average Bonchev–Trinajstić information content (AvgIpc) is 2.39. The van der Waals surface area contributed by atoms with Crippen LogP contribution in [0, 0.1) is 0 Å². The Bertz CT molecular complexity index is 165. The molecule has 0 heterocycles. The van der Waals surface area contributed by atoms with Crippen LogP contribution >= 0.6 is 0 Å². The Hall–Kier alpha value is -0.0400. The molecular formula is C18H39N. The molecule has 0 saturated heterocycles. The molecule has 0 saturated carbocycles. The quantitative estimate of drug-likeness (QED) is 0.348. The maximum atomic E-state index is 2.33. The molecule has 0 aromatic heterocycles. The first-order chi connectivity index (χ1) is 9.18. The largest absolute Gasteiger partial charge is 0.307 e. The fourth-order valence-electron chi connectivity index (χ4n) is 2.54. The van der Waals surface area contributed by atoms with Crippen molar-refractivity contribution in [1.82, 2.24) is 4.90 Å². The average molecular weight is 270 g/mol. The van der Waals surface area contributed by atoms with Crippen LogP contribution in [0.15, 0.2) is 0 Å². The van der Waals surface area contributed by atoms with Crippen molar-refractivity contribution in [3.05, 3.63) is 0 Å². The predicted octanol–water partition coefficient (Wildman–Crippen LogP) is 6.03. The minimum absolute atomic E-state index is 0.753. The van der Waals surface area contributed by atoms with Crippen LogP contribution in [0.1, 0.15) is 97.3 Å². The second-order valence-electron chi connectivity index (χ2n) is 6.49. The van der Waals surface area contributed by atoms with Crippen molar-refractivity contribution in [1.29, 1.82) is 0 Å². The summed E-state index contributed by atoms with van der Waals surface area (Å²) in [6.45, 7) is 4.62. The summed E-state index contributed by atoms with van der Waals surface area (Å²) in [5, 5.41) is 0. The highest BCUT2D eigenvalue weighted by Crippen LogP contribution is 2.13. The molecule has 0 radical (unpaired) electrons. The Morgan fingerprint density at radius 2 is 1.00 bits per heavy atom. The summed E-state index contributed by atoms with van der Waals surface area (Å²) in [6, 6.07) is 0.753. The van der Waals surface area contributed by atoms with Gasteiger partial charge in [-0.1, -0.05) is 84.0 Å². The third-order valence-electron chi connectivity index (χ3n) is 4.36. The summed E-state index contributed by atoms with van der Waals surface area (Å²) < 4.78 is 0. The van der Waals surface area contributed by atoms with Gasteiger partial charge in [0.2, 0.25) is 0 Å². The molecule has 0 rings (SSSR count). The molecule has 0 amide bonds. The third-order valence-corrected chi connectivity index (χ3v) is 4.36. The van der Waals surface area contributed by atoms with E-state index < -0.39 is 0 Å². The van der Waals surface area contributed by atoms with E-state index >= 15 is 0 Å². The summed E-state index contributed by atoms with van der Waals surface area (Å²) in [6.07, 6.45) is 18.8. The second-order valence-corrected chi connectivity index (χ2v) is 6.49. The lowest BCUT2D eigenvalue weighted by molar-refractivity contribution is 0.291. The van der Waals surface area contributed by atoms with Gasteiger partial charge >= 0.3 is 0 Å². The van der Waals surface area contributed by atoms with Gasteiger partial charge in [0.1, 0.15) is 0 Å². The fourth-order valence-corrected chi connectivity index (χ4v) is 2.54. The van der Waals surface area contributed by atoms with Crippen LogP contribution in [0.25, 0.3) is 0 Å². The van der Waals surface area contributed by atoms with E-state index in [1.54, 1.807) is 0 Å². The zero-order valence-electron chi connectivity index (χ0n) is 14.2. The van der Waals surface area contributed by atoms with Crippen molar-refractivity contribution in [2.75, 3.05) is 14.1 Å². The van der Waals surface area contributed by atoms with Crippen LogP contribution in [0.2, 0.25) is 0 Å². The lowest BCUT2D eigenvalue weighted by Gasteiger charge is -2.19. The molecule has 1 nitrogen and oxygen atoms in total. The molecule has 0 spiro atoms. The van der Waals surface area contributed by atoms with E-state index in [1.165, 1.54) is 83.5 Å². The minimum atomic E-state index is 0.753. The molecule has 1 unspecified atom stereocenters. The first-order valence-corrected chi connectivity index (χ1v) is 8.85. The SMILES string of the molecule is CCCCCCCCCCCCCCC(C)N(C)C. The standard InChI is InChI=1S/C18H39N/c1-5-6-7-8-9-10-11-12-13-14-15-16-17-18(2)19(3)4/h18H,5-17H2,1-4H3. The van der Waals surface area contributed by atoms with E-state index in [2.05, 4.69) is 32.8 Å². The van der Waals surface area contributed by atoms with Gasteiger partial charge in [0.25, 0.3) is 0 Å². The molecule has 0 aliphatic heterocycles. The van der Waals surface area contributed by atoms with Gasteiger partial charge in [-0.15, -0.1) is 0 Å². The first kappa shape index (κ1) is 19.0. The topological polar surface area (TPSA) is 3.24 Å². The van der Waals surface area contributed by atoms with Crippen LogP contribution in [0.5, 0.6) is 0 Å². The Balaban J connectivity index is 3.03. The van der Waals surface area contributed by atoms with Gasteiger partial charge in [-0.05, 0) is 27.4 Å². The number of hydrogen-bond acceptors (Lipinski definition) is 1. The van der Waals surface area contributed by atoms with Crippen molar-refractivity contribution < 1.29 is 0 Å². The van der Waals surface area contributed by atoms with Crippen LogP contribution in [-0.4, -0.2) is 25.0 Å². The van der Waals surface area contributed by atoms with E-state index in [4.69, 9.17) is 0 Å². The van der Waals surface area contributed by atoms with Gasteiger partial charge < -0.3 is 4.90 Å². The Labute approximate surface area is 123 Å². The molecule has 0 fully saturated rings. The minimum Gasteiger partial charge on any atom is -0.307 e.